The van der Waals surface area contributed by atoms with Crippen molar-refractivity contribution >= 4 is 6.09 Å². The summed E-state index contributed by atoms with van der Waals surface area (Å²) in [6, 6.07) is 9.35. The average molecular weight is 223 g/mol. The smallest absolute Gasteiger partial charge is 0.408 e. The second-order valence-corrected chi connectivity index (χ2v) is 2.95. The van der Waals surface area contributed by atoms with Gasteiger partial charge in [-0.1, -0.05) is 35.5 Å². The molecule has 0 unspecified atom stereocenters. The average Bonchev–Trinajstić information content (AvgIpc) is 2.33. The minimum absolute atomic E-state index is 0.0427. The normalized spacial score (nSPS) is 9.50. The largest absolute Gasteiger partial charge is 0.445 e. The van der Waals surface area contributed by atoms with E-state index in [1.54, 1.807) is 0 Å². The van der Waals surface area contributed by atoms with Gasteiger partial charge in [0.25, 0.3) is 0 Å². The fourth-order valence-corrected chi connectivity index (χ4v) is 1.01. The molecular weight excluding hydrogens is 210 g/mol. The maximum atomic E-state index is 11.1. The first-order valence-corrected chi connectivity index (χ1v) is 4.77. The lowest BCUT2D eigenvalue weighted by atomic mass is 10.2. The van der Waals surface area contributed by atoms with Gasteiger partial charge in [0.05, 0.1) is 6.67 Å². The lowest BCUT2D eigenvalue weighted by molar-refractivity contribution is 0.139. The number of hydrogen-bond donors (Lipinski definition) is 2. The first kappa shape index (κ1) is 12.1. The molecule has 1 amide bonds. The highest BCUT2D eigenvalue weighted by molar-refractivity contribution is 5.66. The lowest BCUT2D eigenvalue weighted by Crippen LogP contribution is -2.34. The molecule has 0 aliphatic rings. The van der Waals surface area contributed by atoms with Crippen molar-refractivity contribution in [1.29, 1.82) is 0 Å². The molecule has 1 rings (SSSR count). The molecule has 0 bridgehead atoms. The Bertz CT molecular complexity index is 329. The molecule has 0 aliphatic heterocycles. The Morgan fingerprint density at radius 3 is 2.75 bits per heavy atom. The van der Waals surface area contributed by atoms with Gasteiger partial charge in [-0.15, -0.1) is 4.91 Å². The predicted octanol–water partition coefficient (Wildman–Crippen LogP) is 1.18. The van der Waals surface area contributed by atoms with Crippen LogP contribution in [0.2, 0.25) is 0 Å². The van der Waals surface area contributed by atoms with E-state index in [-0.39, 0.29) is 19.9 Å². The molecule has 0 aromatic heterocycles. The summed E-state index contributed by atoms with van der Waals surface area (Å²) >= 11 is 0. The van der Waals surface area contributed by atoms with Crippen molar-refractivity contribution in [2.75, 3.05) is 13.3 Å². The van der Waals surface area contributed by atoms with Gasteiger partial charge in [0, 0.05) is 0 Å². The van der Waals surface area contributed by atoms with Gasteiger partial charge in [-0.05, 0) is 5.56 Å². The van der Waals surface area contributed by atoms with E-state index >= 15 is 0 Å². The second-order valence-electron chi connectivity index (χ2n) is 2.95. The summed E-state index contributed by atoms with van der Waals surface area (Å²) in [7, 11) is 0. The van der Waals surface area contributed by atoms with Crippen LogP contribution in [0.15, 0.2) is 35.5 Å². The Balaban J connectivity index is 2.13. The van der Waals surface area contributed by atoms with E-state index in [4.69, 9.17) is 4.74 Å². The second kappa shape index (κ2) is 7.36. The summed E-state index contributed by atoms with van der Waals surface area (Å²) in [4.78, 5) is 20.8. The van der Waals surface area contributed by atoms with Crippen molar-refractivity contribution in [3.8, 4) is 0 Å². The van der Waals surface area contributed by atoms with E-state index in [0.717, 1.165) is 5.56 Å². The molecule has 6 heteroatoms. The number of carbonyl (C=O) groups excluding carboxylic acids is 1. The third-order valence-electron chi connectivity index (χ3n) is 1.75. The first-order chi connectivity index (χ1) is 7.83. The summed E-state index contributed by atoms with van der Waals surface area (Å²) < 4.78 is 4.91. The van der Waals surface area contributed by atoms with Crippen LogP contribution in [0.4, 0.5) is 4.79 Å². The van der Waals surface area contributed by atoms with Gasteiger partial charge in [-0.2, -0.15) is 0 Å². The zero-order valence-corrected chi connectivity index (χ0v) is 8.68. The predicted molar refractivity (Wildman–Crippen MR) is 58.4 cm³/mol. The van der Waals surface area contributed by atoms with Crippen molar-refractivity contribution < 1.29 is 9.53 Å². The minimum Gasteiger partial charge on any atom is -0.445 e. The third-order valence-corrected chi connectivity index (χ3v) is 1.75. The molecule has 0 heterocycles. The summed E-state index contributed by atoms with van der Waals surface area (Å²) in [5.74, 6) is 0. The van der Waals surface area contributed by atoms with Gasteiger partial charge in [-0.25, -0.2) is 4.79 Å². The number of nitrogens with one attached hydrogen (secondary N) is 2. The number of carbonyl (C=O) groups is 1. The monoisotopic (exact) mass is 223 g/mol. The van der Waals surface area contributed by atoms with Crippen molar-refractivity contribution in [3.63, 3.8) is 0 Å². The van der Waals surface area contributed by atoms with E-state index in [1.165, 1.54) is 0 Å². The molecule has 86 valence electrons. The Kier molecular flexibility index (Phi) is 5.57. The Hall–Kier alpha value is -1.95. The zero-order valence-electron chi connectivity index (χ0n) is 8.68. The van der Waals surface area contributed by atoms with Gasteiger partial charge < -0.3 is 10.1 Å². The molecule has 0 spiro atoms. The maximum Gasteiger partial charge on any atom is 0.408 e. The summed E-state index contributed by atoms with van der Waals surface area (Å²) in [5, 5.41) is 7.56. The Morgan fingerprint density at radius 1 is 1.31 bits per heavy atom. The van der Waals surface area contributed by atoms with Crippen LogP contribution in [0, 0.1) is 4.91 Å². The van der Waals surface area contributed by atoms with Crippen LogP contribution >= 0.6 is 0 Å². The van der Waals surface area contributed by atoms with E-state index in [0.29, 0.717) is 0 Å². The number of nitroso groups, excluding NO2 is 1. The highest BCUT2D eigenvalue weighted by atomic mass is 16.5. The van der Waals surface area contributed by atoms with Gasteiger partial charge >= 0.3 is 6.09 Å². The zero-order chi connectivity index (χ0) is 11.6. The van der Waals surface area contributed by atoms with Crippen LogP contribution < -0.4 is 10.6 Å². The summed E-state index contributed by atoms with van der Waals surface area (Å²) in [5.41, 5.74) is 0.917. The molecule has 0 atom stereocenters. The topological polar surface area (TPSA) is 79.8 Å². The van der Waals surface area contributed by atoms with E-state index in [2.05, 4.69) is 15.8 Å². The summed E-state index contributed by atoms with van der Waals surface area (Å²) in [6.45, 7) is 0.330. The maximum absolute atomic E-state index is 11.1. The van der Waals surface area contributed by atoms with Crippen LogP contribution in [0.1, 0.15) is 5.56 Å². The molecule has 6 nitrogen and oxygen atoms in total. The van der Waals surface area contributed by atoms with Crippen molar-refractivity contribution in [3.05, 3.63) is 40.8 Å². The highest BCUT2D eigenvalue weighted by Gasteiger charge is 2.00. The molecule has 0 saturated carbocycles. The fourth-order valence-electron chi connectivity index (χ4n) is 1.01. The van der Waals surface area contributed by atoms with Crippen LogP contribution in [-0.2, 0) is 11.3 Å². The molecular formula is C10H13N3O3. The number of rotatable bonds is 6. The van der Waals surface area contributed by atoms with E-state index in [1.807, 2.05) is 30.3 Å². The quantitative estimate of drug-likeness (QED) is 0.431. The minimum atomic E-state index is -0.540. The number of amides is 1. The Labute approximate surface area is 93.0 Å². The first-order valence-electron chi connectivity index (χ1n) is 4.77. The van der Waals surface area contributed by atoms with Crippen LogP contribution in [-0.4, -0.2) is 19.4 Å². The van der Waals surface area contributed by atoms with Gasteiger partial charge in [0.15, 0.2) is 0 Å². The Morgan fingerprint density at radius 2 is 2.06 bits per heavy atom. The van der Waals surface area contributed by atoms with Crippen molar-refractivity contribution in [2.24, 2.45) is 5.18 Å². The van der Waals surface area contributed by atoms with Crippen LogP contribution in [0.5, 0.6) is 0 Å². The van der Waals surface area contributed by atoms with Gasteiger partial charge in [0.1, 0.15) is 13.3 Å². The molecule has 1 aromatic carbocycles. The molecule has 2 N–H and O–H groups in total. The number of ether oxygens (including phenoxy) is 1. The molecule has 1 aromatic rings. The molecule has 0 saturated heterocycles. The molecule has 16 heavy (non-hydrogen) atoms. The van der Waals surface area contributed by atoms with Gasteiger partial charge in [-0.3, -0.25) is 5.32 Å². The van der Waals surface area contributed by atoms with Crippen LogP contribution in [0.3, 0.4) is 0 Å². The fraction of sp³-hybridized carbons (Fsp3) is 0.300. The number of benzene rings is 1. The number of nitrogens with zero attached hydrogens (tertiary/aromatic N) is 1. The van der Waals surface area contributed by atoms with Crippen LogP contribution in [0.25, 0.3) is 0 Å². The molecule has 0 aliphatic carbocycles. The summed E-state index contributed by atoms with van der Waals surface area (Å²) in [6.07, 6.45) is -0.540. The number of hydrogen-bond acceptors (Lipinski definition) is 5. The molecule has 0 fully saturated rings. The number of alkyl carbamates (subject to hydrolysis) is 1. The SMILES string of the molecule is O=NCNCNC(=O)OCc1ccccc1. The van der Waals surface area contributed by atoms with Gasteiger partial charge in [0.2, 0.25) is 0 Å². The van der Waals surface area contributed by atoms with E-state index in [9.17, 15) is 9.70 Å². The molecule has 0 radical (unpaired) electrons. The third kappa shape index (κ3) is 5.06. The van der Waals surface area contributed by atoms with Crippen molar-refractivity contribution in [1.82, 2.24) is 10.6 Å². The standard InChI is InChI=1S/C10H13N3O3/c14-10(12-7-11-8-13-15)16-6-9-4-2-1-3-5-9/h1-5,11H,6-8H2,(H,12,14). The van der Waals surface area contributed by atoms with E-state index < -0.39 is 6.09 Å². The lowest BCUT2D eigenvalue weighted by Gasteiger charge is -2.06. The highest BCUT2D eigenvalue weighted by Crippen LogP contribution is 1.99. The van der Waals surface area contributed by atoms with Crippen molar-refractivity contribution in [2.45, 2.75) is 6.61 Å².